The number of fused-ring (bicyclic) bond motifs is 1. The smallest absolute Gasteiger partial charge is 0.223 e. The topological polar surface area (TPSA) is 54.3 Å². The summed E-state index contributed by atoms with van der Waals surface area (Å²) in [4.78, 5) is 14.4. The molecule has 0 spiro atoms. The van der Waals surface area contributed by atoms with Gasteiger partial charge in [0, 0.05) is 38.8 Å². The maximum atomic E-state index is 12.5. The van der Waals surface area contributed by atoms with Crippen LogP contribution in [0.4, 0.5) is 0 Å². The average molecular weight is 346 g/mol. The van der Waals surface area contributed by atoms with Crippen molar-refractivity contribution in [2.75, 3.05) is 13.7 Å². The lowest BCUT2D eigenvalue weighted by Gasteiger charge is -2.29. The summed E-state index contributed by atoms with van der Waals surface area (Å²) in [6.45, 7) is 1.30. The molecule has 2 aliphatic rings. The molecule has 126 valence electrons. The van der Waals surface area contributed by atoms with Crippen LogP contribution in [0.15, 0.2) is 22.4 Å². The van der Waals surface area contributed by atoms with Crippen molar-refractivity contribution in [2.24, 2.45) is 10.2 Å². The number of amides is 1. The molecule has 6 heteroatoms. The van der Waals surface area contributed by atoms with Gasteiger partial charge in [0.25, 0.3) is 0 Å². The third-order valence-electron chi connectivity index (χ3n) is 4.63. The van der Waals surface area contributed by atoms with Crippen molar-refractivity contribution in [1.82, 2.24) is 4.90 Å². The van der Waals surface area contributed by atoms with Gasteiger partial charge >= 0.3 is 0 Å². The molecule has 0 bridgehead atoms. The fourth-order valence-electron chi connectivity index (χ4n) is 3.06. The van der Waals surface area contributed by atoms with Crippen LogP contribution >= 0.6 is 11.6 Å². The second-order valence-electron chi connectivity index (χ2n) is 6.21. The van der Waals surface area contributed by atoms with Gasteiger partial charge in [-0.2, -0.15) is 10.2 Å². The van der Waals surface area contributed by atoms with Gasteiger partial charge < -0.3 is 9.64 Å². The van der Waals surface area contributed by atoms with Crippen LogP contribution in [0.25, 0.3) is 0 Å². The number of terminal acetylenes is 1. The summed E-state index contributed by atoms with van der Waals surface area (Å²) in [7, 11) is 1.61. The van der Waals surface area contributed by atoms with Crippen LogP contribution in [-0.4, -0.2) is 30.1 Å². The van der Waals surface area contributed by atoms with Crippen molar-refractivity contribution >= 4 is 17.5 Å². The first kappa shape index (κ1) is 16.8. The Labute approximate surface area is 147 Å². The number of hydrogen-bond donors (Lipinski definition) is 0. The highest BCUT2D eigenvalue weighted by molar-refractivity contribution is 6.32. The number of rotatable bonds is 6. The summed E-state index contributed by atoms with van der Waals surface area (Å²) < 4.78 is 5.25. The summed E-state index contributed by atoms with van der Waals surface area (Å²) in [5.41, 5.74) is 1.88. The zero-order valence-electron chi connectivity index (χ0n) is 13.7. The largest absolute Gasteiger partial charge is 0.495 e. The van der Waals surface area contributed by atoms with E-state index in [-0.39, 0.29) is 5.91 Å². The van der Waals surface area contributed by atoms with E-state index in [9.17, 15) is 4.79 Å². The van der Waals surface area contributed by atoms with E-state index in [1.165, 1.54) is 5.56 Å². The second kappa shape index (κ2) is 6.82. The number of benzene rings is 1. The first-order chi connectivity index (χ1) is 11.6. The number of ether oxygens (including phenoxy) is 1. The van der Waals surface area contributed by atoms with Crippen LogP contribution in [0.2, 0.25) is 5.02 Å². The van der Waals surface area contributed by atoms with Gasteiger partial charge in [-0.3, -0.25) is 4.79 Å². The van der Waals surface area contributed by atoms with E-state index >= 15 is 0 Å². The van der Waals surface area contributed by atoms with E-state index in [4.69, 9.17) is 22.8 Å². The molecule has 0 atom stereocenters. The Morgan fingerprint density at radius 3 is 2.88 bits per heavy atom. The first-order valence-electron chi connectivity index (χ1n) is 8.07. The third kappa shape index (κ3) is 3.54. The molecule has 2 heterocycles. The Balaban J connectivity index is 1.58. The van der Waals surface area contributed by atoms with E-state index in [0.29, 0.717) is 43.1 Å². The molecule has 0 aromatic heterocycles. The predicted octanol–water partition coefficient (Wildman–Crippen LogP) is 3.59. The van der Waals surface area contributed by atoms with Crippen molar-refractivity contribution in [1.29, 1.82) is 0 Å². The van der Waals surface area contributed by atoms with Gasteiger partial charge in [0.15, 0.2) is 5.66 Å². The molecule has 0 N–H and O–H groups in total. The molecule has 3 rings (SSSR count). The maximum Gasteiger partial charge on any atom is 0.223 e. The van der Waals surface area contributed by atoms with E-state index in [1.807, 2.05) is 17.0 Å². The van der Waals surface area contributed by atoms with Gasteiger partial charge in [-0.15, -0.1) is 12.3 Å². The van der Waals surface area contributed by atoms with E-state index in [1.54, 1.807) is 7.11 Å². The summed E-state index contributed by atoms with van der Waals surface area (Å²) in [5.74, 6) is 3.41. The average Bonchev–Trinajstić information content (AvgIpc) is 3.37. The van der Waals surface area contributed by atoms with Crippen molar-refractivity contribution in [2.45, 2.75) is 44.3 Å². The summed E-state index contributed by atoms with van der Waals surface area (Å²) >= 11 is 6.20. The summed E-state index contributed by atoms with van der Waals surface area (Å²) in [5, 5.41) is 8.74. The number of hydrogen-bond acceptors (Lipinski definition) is 4. The summed E-state index contributed by atoms with van der Waals surface area (Å²) in [6.07, 6.45) is 8.55. The Bertz CT molecular complexity index is 718. The number of methoxy groups -OCH3 is 1. The van der Waals surface area contributed by atoms with Crippen LogP contribution in [0, 0.1) is 12.3 Å². The molecular formula is C18H20ClN3O2. The Morgan fingerprint density at radius 2 is 2.21 bits per heavy atom. The van der Waals surface area contributed by atoms with Crippen molar-refractivity contribution in [3.63, 3.8) is 0 Å². The van der Waals surface area contributed by atoms with Crippen LogP contribution in [0.3, 0.4) is 0 Å². The molecule has 0 unspecified atom stereocenters. The fraction of sp³-hybridized carbons (Fsp3) is 0.500. The first-order valence-corrected chi connectivity index (χ1v) is 8.45. The number of carbonyl (C=O) groups excluding carboxylic acids is 1. The lowest BCUT2D eigenvalue weighted by atomic mass is 9.98. The molecule has 1 aromatic carbocycles. The highest BCUT2D eigenvalue weighted by atomic mass is 35.5. The third-order valence-corrected chi connectivity index (χ3v) is 4.93. The molecule has 1 amide bonds. The second-order valence-corrected chi connectivity index (χ2v) is 6.61. The SMILES string of the molecule is C#CCCC1(CCC(=O)N2CCc3cc(OC)c(Cl)cc3C2)N=N1. The highest BCUT2D eigenvalue weighted by Crippen LogP contribution is 2.38. The Hall–Kier alpha value is -2.06. The van der Waals surface area contributed by atoms with Crippen molar-refractivity contribution < 1.29 is 9.53 Å². The van der Waals surface area contributed by atoms with Crippen LogP contribution in [0.1, 0.15) is 36.8 Å². The van der Waals surface area contributed by atoms with Gasteiger partial charge in [0.05, 0.1) is 12.1 Å². The molecular weight excluding hydrogens is 326 g/mol. The summed E-state index contributed by atoms with van der Waals surface area (Å²) in [6, 6.07) is 3.87. The molecule has 0 radical (unpaired) electrons. The normalized spacial score (nSPS) is 17.1. The minimum Gasteiger partial charge on any atom is -0.495 e. The fourth-order valence-corrected chi connectivity index (χ4v) is 3.32. The van der Waals surface area contributed by atoms with Gasteiger partial charge in [0.1, 0.15) is 5.75 Å². The minimum absolute atomic E-state index is 0.130. The van der Waals surface area contributed by atoms with Gasteiger partial charge in [0.2, 0.25) is 5.91 Å². The predicted molar refractivity (Wildman–Crippen MR) is 92.0 cm³/mol. The van der Waals surface area contributed by atoms with Gasteiger partial charge in [-0.25, -0.2) is 0 Å². The Kier molecular flexibility index (Phi) is 4.77. The molecule has 1 aromatic rings. The zero-order valence-corrected chi connectivity index (χ0v) is 14.5. The lowest BCUT2D eigenvalue weighted by molar-refractivity contribution is -0.132. The van der Waals surface area contributed by atoms with Crippen molar-refractivity contribution in [3.05, 3.63) is 28.3 Å². The Morgan fingerprint density at radius 1 is 1.42 bits per heavy atom. The quantitative estimate of drug-likeness (QED) is 0.740. The minimum atomic E-state index is -0.396. The molecule has 5 nitrogen and oxygen atoms in total. The van der Waals surface area contributed by atoms with Crippen molar-refractivity contribution in [3.8, 4) is 18.1 Å². The number of nitrogens with zero attached hydrogens (tertiary/aromatic N) is 3. The molecule has 0 aliphatic carbocycles. The highest BCUT2D eigenvalue weighted by Gasteiger charge is 2.39. The number of carbonyl (C=O) groups is 1. The number of halogens is 1. The van der Waals surface area contributed by atoms with Crippen LogP contribution in [0.5, 0.6) is 5.75 Å². The molecule has 2 aliphatic heterocycles. The van der Waals surface area contributed by atoms with E-state index in [0.717, 1.165) is 18.4 Å². The van der Waals surface area contributed by atoms with Gasteiger partial charge in [-0.1, -0.05) is 11.6 Å². The zero-order chi connectivity index (χ0) is 17.2. The molecule has 24 heavy (non-hydrogen) atoms. The van der Waals surface area contributed by atoms with Crippen LogP contribution < -0.4 is 4.74 Å². The molecule has 0 saturated heterocycles. The lowest BCUT2D eigenvalue weighted by Crippen LogP contribution is -2.36. The molecule has 0 fully saturated rings. The molecule has 0 saturated carbocycles. The van der Waals surface area contributed by atoms with Crippen LogP contribution in [-0.2, 0) is 17.8 Å². The standard InChI is InChI=1S/C18H20ClN3O2/c1-3-4-7-18(20-21-18)8-5-17(23)22-9-6-13-11-16(24-2)15(19)10-14(13)12-22/h1,10-11H,4-9,12H2,2H3. The maximum absolute atomic E-state index is 12.5. The van der Waals surface area contributed by atoms with E-state index in [2.05, 4.69) is 16.1 Å². The van der Waals surface area contributed by atoms with Gasteiger partial charge in [-0.05, 0) is 29.7 Å². The van der Waals surface area contributed by atoms with E-state index < -0.39 is 5.66 Å². The monoisotopic (exact) mass is 345 g/mol.